The van der Waals surface area contributed by atoms with Crippen LogP contribution in [0, 0.1) is 0 Å². The number of rotatable bonds is 5. The predicted octanol–water partition coefficient (Wildman–Crippen LogP) is -1.11. The first-order valence-electron chi connectivity index (χ1n) is 5.43. The van der Waals surface area contributed by atoms with Gasteiger partial charge >= 0.3 is 0 Å². The smallest absolute Gasteiger partial charge is 0.279 e. The van der Waals surface area contributed by atoms with Gasteiger partial charge in [0.15, 0.2) is 0 Å². The zero-order valence-corrected chi connectivity index (χ0v) is 10.8. The molecule has 1 aliphatic rings. The standard InChI is InChI=1S/C9H21N3O3S/c1-8(2)12(3)16(14,15)11-7-9(13)4-5-10-6-9/h8,10-11,13H,4-7H2,1-3H3. The van der Waals surface area contributed by atoms with E-state index < -0.39 is 15.8 Å². The molecule has 1 fully saturated rings. The topological polar surface area (TPSA) is 81.7 Å². The summed E-state index contributed by atoms with van der Waals surface area (Å²) in [5, 5.41) is 13.0. The van der Waals surface area contributed by atoms with E-state index in [9.17, 15) is 13.5 Å². The Labute approximate surface area is 97.2 Å². The Morgan fingerprint density at radius 3 is 2.62 bits per heavy atom. The molecule has 16 heavy (non-hydrogen) atoms. The van der Waals surface area contributed by atoms with E-state index in [1.165, 1.54) is 11.4 Å². The van der Waals surface area contributed by atoms with Gasteiger partial charge in [0, 0.05) is 26.2 Å². The van der Waals surface area contributed by atoms with E-state index in [2.05, 4.69) is 10.0 Å². The Kier molecular flexibility index (Phi) is 4.30. The van der Waals surface area contributed by atoms with Crippen LogP contribution in [0.1, 0.15) is 20.3 Å². The minimum absolute atomic E-state index is 0.0550. The van der Waals surface area contributed by atoms with Crippen molar-refractivity contribution in [2.24, 2.45) is 0 Å². The van der Waals surface area contributed by atoms with E-state index in [0.717, 1.165) is 6.54 Å². The van der Waals surface area contributed by atoms with Crippen LogP contribution < -0.4 is 10.0 Å². The van der Waals surface area contributed by atoms with Gasteiger partial charge < -0.3 is 10.4 Å². The van der Waals surface area contributed by atoms with Crippen molar-refractivity contribution in [2.45, 2.75) is 31.9 Å². The predicted molar refractivity (Wildman–Crippen MR) is 62.3 cm³/mol. The maximum absolute atomic E-state index is 11.8. The zero-order valence-electron chi connectivity index (χ0n) is 10.0. The number of hydrogen-bond donors (Lipinski definition) is 3. The third-order valence-electron chi connectivity index (χ3n) is 2.91. The number of β-amino-alcohol motifs (C(OH)–C–C–N with tert-alkyl or cyclic N) is 1. The number of aliphatic hydroxyl groups is 1. The first-order chi connectivity index (χ1) is 7.27. The molecule has 0 aromatic rings. The molecule has 0 radical (unpaired) electrons. The second-order valence-electron chi connectivity index (χ2n) is 4.59. The molecule has 7 heteroatoms. The molecule has 1 rings (SSSR count). The highest BCUT2D eigenvalue weighted by molar-refractivity contribution is 7.87. The molecule has 1 saturated heterocycles. The van der Waals surface area contributed by atoms with E-state index in [0.29, 0.717) is 13.0 Å². The van der Waals surface area contributed by atoms with Crippen LogP contribution >= 0.6 is 0 Å². The van der Waals surface area contributed by atoms with Crippen molar-refractivity contribution >= 4 is 10.2 Å². The molecule has 6 nitrogen and oxygen atoms in total. The van der Waals surface area contributed by atoms with Gasteiger partial charge in [0.1, 0.15) is 0 Å². The first kappa shape index (κ1) is 13.9. The SMILES string of the molecule is CC(C)N(C)S(=O)(=O)NCC1(O)CCNC1. The quantitative estimate of drug-likeness (QED) is 0.578. The zero-order chi connectivity index (χ0) is 12.4. The van der Waals surface area contributed by atoms with Gasteiger partial charge in [0.25, 0.3) is 10.2 Å². The Hall–Kier alpha value is -0.210. The maximum Gasteiger partial charge on any atom is 0.279 e. The Morgan fingerprint density at radius 1 is 1.56 bits per heavy atom. The van der Waals surface area contributed by atoms with Crippen LogP contribution in [-0.2, 0) is 10.2 Å². The second kappa shape index (κ2) is 4.97. The second-order valence-corrected chi connectivity index (χ2v) is 6.40. The molecule has 3 N–H and O–H groups in total. The van der Waals surface area contributed by atoms with E-state index in [1.807, 2.05) is 0 Å². The Balaban J connectivity index is 2.54. The average Bonchev–Trinajstić information content (AvgIpc) is 2.62. The van der Waals surface area contributed by atoms with E-state index in [4.69, 9.17) is 0 Å². The molecule has 0 aliphatic carbocycles. The molecule has 0 aromatic carbocycles. The van der Waals surface area contributed by atoms with Gasteiger partial charge in [-0.1, -0.05) is 0 Å². The lowest BCUT2D eigenvalue weighted by atomic mass is 10.1. The van der Waals surface area contributed by atoms with Crippen LogP contribution in [0.15, 0.2) is 0 Å². The Morgan fingerprint density at radius 2 is 2.19 bits per heavy atom. The van der Waals surface area contributed by atoms with Crippen LogP contribution in [-0.4, -0.2) is 56.2 Å². The highest BCUT2D eigenvalue weighted by atomic mass is 32.2. The van der Waals surface area contributed by atoms with Crippen molar-refractivity contribution in [3.8, 4) is 0 Å². The van der Waals surface area contributed by atoms with Gasteiger partial charge in [-0.25, -0.2) is 0 Å². The highest BCUT2D eigenvalue weighted by Gasteiger charge is 2.33. The fourth-order valence-electron chi connectivity index (χ4n) is 1.49. The van der Waals surface area contributed by atoms with Crippen LogP contribution in [0.5, 0.6) is 0 Å². The molecule has 1 atom stereocenters. The third kappa shape index (κ3) is 3.39. The van der Waals surface area contributed by atoms with Gasteiger partial charge in [-0.05, 0) is 26.8 Å². The minimum atomic E-state index is -3.49. The van der Waals surface area contributed by atoms with Gasteiger partial charge in [0.2, 0.25) is 0 Å². The summed E-state index contributed by atoms with van der Waals surface area (Å²) in [6, 6.07) is -0.103. The molecule has 1 unspecified atom stereocenters. The van der Waals surface area contributed by atoms with Crippen molar-refractivity contribution in [1.29, 1.82) is 0 Å². The average molecular weight is 251 g/mol. The summed E-state index contributed by atoms with van der Waals surface area (Å²) >= 11 is 0. The molecular weight excluding hydrogens is 230 g/mol. The van der Waals surface area contributed by atoms with Crippen LogP contribution in [0.2, 0.25) is 0 Å². The van der Waals surface area contributed by atoms with Crippen molar-refractivity contribution in [1.82, 2.24) is 14.3 Å². The first-order valence-corrected chi connectivity index (χ1v) is 6.87. The monoisotopic (exact) mass is 251 g/mol. The lowest BCUT2D eigenvalue weighted by Crippen LogP contribution is -2.49. The van der Waals surface area contributed by atoms with Crippen molar-refractivity contribution in [3.63, 3.8) is 0 Å². The van der Waals surface area contributed by atoms with Crippen LogP contribution in [0.3, 0.4) is 0 Å². The van der Waals surface area contributed by atoms with Crippen LogP contribution in [0.25, 0.3) is 0 Å². The highest BCUT2D eigenvalue weighted by Crippen LogP contribution is 2.13. The number of hydrogen-bond acceptors (Lipinski definition) is 4. The number of nitrogens with zero attached hydrogens (tertiary/aromatic N) is 1. The summed E-state index contributed by atoms with van der Waals surface area (Å²) in [7, 11) is -1.97. The van der Waals surface area contributed by atoms with E-state index in [-0.39, 0.29) is 12.6 Å². The molecular formula is C9H21N3O3S. The third-order valence-corrected chi connectivity index (χ3v) is 4.60. The summed E-state index contributed by atoms with van der Waals surface area (Å²) in [4.78, 5) is 0. The number of nitrogens with one attached hydrogen (secondary N) is 2. The Bertz CT molecular complexity index is 323. The fraction of sp³-hybridized carbons (Fsp3) is 1.00. The van der Waals surface area contributed by atoms with E-state index >= 15 is 0 Å². The van der Waals surface area contributed by atoms with Gasteiger partial charge in [-0.2, -0.15) is 17.4 Å². The lowest BCUT2D eigenvalue weighted by molar-refractivity contribution is 0.0663. The molecule has 0 spiro atoms. The molecule has 1 aliphatic heterocycles. The molecule has 96 valence electrons. The van der Waals surface area contributed by atoms with E-state index in [1.54, 1.807) is 13.8 Å². The summed E-state index contributed by atoms with van der Waals surface area (Å²) in [5.74, 6) is 0. The van der Waals surface area contributed by atoms with Gasteiger partial charge in [-0.3, -0.25) is 0 Å². The van der Waals surface area contributed by atoms with Crippen molar-refractivity contribution in [3.05, 3.63) is 0 Å². The van der Waals surface area contributed by atoms with Crippen molar-refractivity contribution < 1.29 is 13.5 Å². The molecule has 0 amide bonds. The molecule has 0 bridgehead atoms. The van der Waals surface area contributed by atoms with Crippen LogP contribution in [0.4, 0.5) is 0 Å². The van der Waals surface area contributed by atoms with Gasteiger partial charge in [-0.15, -0.1) is 0 Å². The summed E-state index contributed by atoms with van der Waals surface area (Å²) < 4.78 is 27.2. The normalized spacial score (nSPS) is 26.9. The molecule has 0 saturated carbocycles. The molecule has 0 aromatic heterocycles. The maximum atomic E-state index is 11.8. The lowest BCUT2D eigenvalue weighted by Gasteiger charge is -2.25. The fourth-order valence-corrected chi connectivity index (χ4v) is 2.70. The largest absolute Gasteiger partial charge is 0.387 e. The molecule has 1 heterocycles. The van der Waals surface area contributed by atoms with Gasteiger partial charge in [0.05, 0.1) is 5.60 Å². The summed E-state index contributed by atoms with van der Waals surface area (Å²) in [6.07, 6.45) is 0.570. The minimum Gasteiger partial charge on any atom is -0.387 e. The van der Waals surface area contributed by atoms with Crippen molar-refractivity contribution in [2.75, 3.05) is 26.7 Å². The summed E-state index contributed by atoms with van der Waals surface area (Å²) in [6.45, 7) is 4.80. The summed E-state index contributed by atoms with van der Waals surface area (Å²) in [5.41, 5.74) is -0.953.